The molecule has 0 unspecified atom stereocenters. The quantitative estimate of drug-likeness (QED) is 0.316. The summed E-state index contributed by atoms with van der Waals surface area (Å²) >= 11 is 1.67. The monoisotopic (exact) mass is 377 g/mol. The fourth-order valence-electron chi connectivity index (χ4n) is 3.95. The van der Waals surface area contributed by atoms with Gasteiger partial charge in [-0.3, -0.25) is 4.57 Å². The lowest BCUT2D eigenvalue weighted by molar-refractivity contribution is 1.12. The zero-order valence-corrected chi connectivity index (χ0v) is 15.8. The first-order valence-electron chi connectivity index (χ1n) is 9.73. The molecule has 0 atom stereocenters. The van der Waals surface area contributed by atoms with Crippen molar-refractivity contribution in [2.75, 3.05) is 0 Å². The lowest BCUT2D eigenvalue weighted by atomic mass is 10.1. The van der Waals surface area contributed by atoms with Crippen LogP contribution in [0, 0.1) is 0 Å². The van der Waals surface area contributed by atoms with Gasteiger partial charge in [-0.05, 0) is 29.7 Å². The molecule has 0 spiro atoms. The second-order valence-electron chi connectivity index (χ2n) is 6.83. The SMILES string of the molecule is [2H]c1ccc2c(-c3nc4ccccc4n3-c3cccc4ccccc34)csc2c1. The van der Waals surface area contributed by atoms with Crippen LogP contribution in [0.15, 0.2) is 96.4 Å². The van der Waals surface area contributed by atoms with Crippen LogP contribution in [0.1, 0.15) is 1.37 Å². The third-order valence-electron chi connectivity index (χ3n) is 5.23. The van der Waals surface area contributed by atoms with Gasteiger partial charge in [0.2, 0.25) is 0 Å². The van der Waals surface area contributed by atoms with Crippen LogP contribution in [0.3, 0.4) is 0 Å². The molecule has 0 saturated carbocycles. The van der Waals surface area contributed by atoms with Crippen LogP contribution in [0.4, 0.5) is 0 Å². The van der Waals surface area contributed by atoms with Crippen molar-refractivity contribution < 1.29 is 1.37 Å². The molecular formula is C25H16N2S. The number of para-hydroxylation sites is 2. The van der Waals surface area contributed by atoms with Crippen molar-refractivity contribution in [3.8, 4) is 17.1 Å². The molecule has 4 aromatic carbocycles. The summed E-state index contributed by atoms with van der Waals surface area (Å²) in [6.07, 6.45) is 0. The summed E-state index contributed by atoms with van der Waals surface area (Å²) in [5.74, 6) is 0.937. The van der Waals surface area contributed by atoms with E-state index < -0.39 is 0 Å². The number of thiophene rings is 1. The van der Waals surface area contributed by atoms with E-state index in [4.69, 9.17) is 6.35 Å². The molecule has 0 aliphatic heterocycles. The highest BCUT2D eigenvalue weighted by atomic mass is 32.1. The first kappa shape index (κ1) is 14.6. The fourth-order valence-corrected chi connectivity index (χ4v) is 4.87. The smallest absolute Gasteiger partial charge is 0.147 e. The lowest BCUT2D eigenvalue weighted by Gasteiger charge is -2.12. The Labute approximate surface area is 167 Å². The molecule has 0 radical (unpaired) electrons. The molecule has 2 heterocycles. The molecule has 2 nitrogen and oxygen atoms in total. The molecule has 0 aliphatic carbocycles. The molecule has 0 N–H and O–H groups in total. The predicted molar refractivity (Wildman–Crippen MR) is 119 cm³/mol. The zero-order chi connectivity index (χ0) is 19.4. The minimum atomic E-state index is 0.536. The van der Waals surface area contributed by atoms with Crippen molar-refractivity contribution in [2.45, 2.75) is 0 Å². The summed E-state index contributed by atoms with van der Waals surface area (Å²) in [6.45, 7) is 0. The van der Waals surface area contributed by atoms with Gasteiger partial charge in [-0.15, -0.1) is 11.3 Å². The molecule has 0 aliphatic rings. The summed E-state index contributed by atoms with van der Waals surface area (Å²) in [6, 6.07) is 29.5. The van der Waals surface area contributed by atoms with Crippen molar-refractivity contribution in [3.63, 3.8) is 0 Å². The van der Waals surface area contributed by atoms with Gasteiger partial charge in [-0.25, -0.2) is 4.98 Å². The van der Waals surface area contributed by atoms with Gasteiger partial charge in [0.15, 0.2) is 0 Å². The van der Waals surface area contributed by atoms with E-state index >= 15 is 0 Å². The summed E-state index contributed by atoms with van der Waals surface area (Å²) < 4.78 is 11.3. The Morgan fingerprint density at radius 1 is 0.786 bits per heavy atom. The van der Waals surface area contributed by atoms with Gasteiger partial charge < -0.3 is 0 Å². The summed E-state index contributed by atoms with van der Waals surface area (Å²) in [5, 5.41) is 5.71. The standard InChI is InChI=1S/C25H16N2S/c1-2-10-18-17(8-1)9-7-14-22(18)27-23-13-5-4-12-21(23)26-25(27)20-16-28-24-15-6-3-11-19(20)24/h1-16H/i6D. The molecule has 6 rings (SSSR count). The van der Waals surface area contributed by atoms with Crippen LogP contribution >= 0.6 is 11.3 Å². The predicted octanol–water partition coefficient (Wildman–Crippen LogP) is 7.06. The molecule has 0 bridgehead atoms. The van der Waals surface area contributed by atoms with E-state index in [9.17, 15) is 0 Å². The Balaban J connectivity index is 1.74. The maximum atomic E-state index is 7.93. The van der Waals surface area contributed by atoms with Gasteiger partial charge in [-0.1, -0.05) is 66.7 Å². The van der Waals surface area contributed by atoms with Gasteiger partial charge in [0.1, 0.15) is 5.82 Å². The van der Waals surface area contributed by atoms with Crippen molar-refractivity contribution in [3.05, 3.63) is 96.4 Å². The minimum absolute atomic E-state index is 0.536. The Hall–Kier alpha value is -3.43. The van der Waals surface area contributed by atoms with E-state index in [1.54, 1.807) is 11.3 Å². The summed E-state index contributed by atoms with van der Waals surface area (Å²) in [5.41, 5.74) is 4.31. The number of nitrogens with zero attached hydrogens (tertiary/aromatic N) is 2. The molecule has 0 saturated heterocycles. The van der Waals surface area contributed by atoms with E-state index in [1.807, 2.05) is 24.3 Å². The fraction of sp³-hybridized carbons (Fsp3) is 0. The highest BCUT2D eigenvalue weighted by Gasteiger charge is 2.18. The summed E-state index contributed by atoms with van der Waals surface area (Å²) in [7, 11) is 0. The van der Waals surface area contributed by atoms with Crippen molar-refractivity contribution in [1.82, 2.24) is 9.55 Å². The Morgan fingerprint density at radius 2 is 1.61 bits per heavy atom. The van der Waals surface area contributed by atoms with E-state index in [0.717, 1.165) is 38.2 Å². The number of rotatable bonds is 2. The Kier molecular flexibility index (Phi) is 3.15. The van der Waals surface area contributed by atoms with Gasteiger partial charge in [0.25, 0.3) is 0 Å². The molecular weight excluding hydrogens is 360 g/mol. The normalized spacial score (nSPS) is 12.1. The van der Waals surface area contributed by atoms with Crippen molar-refractivity contribution in [2.24, 2.45) is 0 Å². The topological polar surface area (TPSA) is 17.8 Å². The van der Waals surface area contributed by atoms with E-state index in [2.05, 4.69) is 70.6 Å². The van der Waals surface area contributed by atoms with Crippen molar-refractivity contribution >= 4 is 43.2 Å². The molecule has 2 aromatic heterocycles. The molecule has 0 fully saturated rings. The van der Waals surface area contributed by atoms with E-state index in [1.165, 1.54) is 10.8 Å². The van der Waals surface area contributed by atoms with Crippen LogP contribution in [0.5, 0.6) is 0 Å². The van der Waals surface area contributed by atoms with Crippen LogP contribution in [-0.2, 0) is 0 Å². The van der Waals surface area contributed by atoms with Crippen LogP contribution in [0.2, 0.25) is 0 Å². The molecule has 0 amide bonds. The minimum Gasteiger partial charge on any atom is -0.292 e. The van der Waals surface area contributed by atoms with Crippen LogP contribution < -0.4 is 0 Å². The van der Waals surface area contributed by atoms with Gasteiger partial charge in [-0.2, -0.15) is 0 Å². The number of aromatic nitrogens is 2. The lowest BCUT2D eigenvalue weighted by Crippen LogP contribution is -1.98. The van der Waals surface area contributed by atoms with Crippen LogP contribution in [-0.4, -0.2) is 9.55 Å². The van der Waals surface area contributed by atoms with Gasteiger partial charge in [0, 0.05) is 26.4 Å². The number of hydrogen-bond donors (Lipinski definition) is 0. The maximum absolute atomic E-state index is 7.93. The van der Waals surface area contributed by atoms with E-state index in [-0.39, 0.29) is 0 Å². The Morgan fingerprint density at radius 3 is 2.61 bits per heavy atom. The zero-order valence-electron chi connectivity index (χ0n) is 16.0. The highest BCUT2D eigenvalue weighted by molar-refractivity contribution is 7.17. The Bertz CT molecular complexity index is 1520. The largest absolute Gasteiger partial charge is 0.292 e. The first-order chi connectivity index (χ1) is 14.3. The number of fused-ring (bicyclic) bond motifs is 3. The number of benzene rings is 4. The highest BCUT2D eigenvalue weighted by Crippen LogP contribution is 2.37. The van der Waals surface area contributed by atoms with Gasteiger partial charge in [0.05, 0.1) is 18.1 Å². The first-order valence-corrected chi connectivity index (χ1v) is 10.1. The second kappa shape index (κ2) is 6.04. The summed E-state index contributed by atoms with van der Waals surface area (Å²) in [4.78, 5) is 5.03. The average molecular weight is 377 g/mol. The van der Waals surface area contributed by atoms with Crippen molar-refractivity contribution in [1.29, 1.82) is 0 Å². The van der Waals surface area contributed by atoms with E-state index in [0.29, 0.717) is 6.04 Å². The third-order valence-corrected chi connectivity index (χ3v) is 6.17. The molecule has 6 aromatic rings. The second-order valence-corrected chi connectivity index (χ2v) is 7.74. The maximum Gasteiger partial charge on any atom is 0.147 e. The number of imidazole rings is 1. The van der Waals surface area contributed by atoms with Gasteiger partial charge >= 0.3 is 0 Å². The molecule has 132 valence electrons. The third kappa shape index (κ3) is 2.23. The average Bonchev–Trinajstić information content (AvgIpc) is 3.34. The molecule has 3 heteroatoms. The number of hydrogen-bond acceptors (Lipinski definition) is 2. The van der Waals surface area contributed by atoms with Crippen LogP contribution in [0.25, 0.3) is 49.0 Å². The molecule has 28 heavy (non-hydrogen) atoms.